The molecule has 0 radical (unpaired) electrons. The van der Waals surface area contributed by atoms with Crippen molar-refractivity contribution in [1.82, 2.24) is 10.3 Å². The van der Waals surface area contributed by atoms with Crippen molar-refractivity contribution >= 4 is 44.5 Å². The number of hydrogen-bond acceptors (Lipinski definition) is 5. The lowest BCUT2D eigenvalue weighted by molar-refractivity contribution is -0.158. The van der Waals surface area contributed by atoms with Crippen LogP contribution in [0.3, 0.4) is 0 Å². The van der Waals surface area contributed by atoms with E-state index in [2.05, 4.69) is 33.1 Å². The van der Waals surface area contributed by atoms with Crippen molar-refractivity contribution in [3.05, 3.63) is 68.9 Å². The molecule has 2 heterocycles. The molecule has 1 N–H and O–H groups in total. The van der Waals surface area contributed by atoms with E-state index in [0.717, 1.165) is 50.6 Å². The lowest BCUT2D eigenvalue weighted by Gasteiger charge is -2.34. The standard InChI is InChI=1S/C34H39BrF5N3O3/c1-4-8-28(37)46-29(44)15-12-22(31-25(34(38,39)40)10-6-11-26(31)36)18-41-33(45)30-20(3)32(43-16-7-9-21(5-2)19-43)42-27-14-13-23(35)17-24(27)30/h6,10-11,13-14,17,21-22,28H,4-5,7-9,12,15-16,18-19H2,1-3H3,(H,41,45). The molecule has 1 aliphatic rings. The Morgan fingerprint density at radius 3 is 2.63 bits per heavy atom. The zero-order valence-corrected chi connectivity index (χ0v) is 27.7. The number of esters is 1. The van der Waals surface area contributed by atoms with Crippen LogP contribution < -0.4 is 10.2 Å². The van der Waals surface area contributed by atoms with Gasteiger partial charge in [0, 0.05) is 59.4 Å². The van der Waals surface area contributed by atoms with Crippen LogP contribution in [0.4, 0.5) is 27.8 Å². The van der Waals surface area contributed by atoms with Crippen LogP contribution in [-0.2, 0) is 15.7 Å². The van der Waals surface area contributed by atoms with E-state index >= 15 is 4.39 Å². The van der Waals surface area contributed by atoms with Crippen LogP contribution in [0, 0.1) is 18.7 Å². The molecule has 1 fully saturated rings. The number of benzene rings is 2. The Morgan fingerprint density at radius 2 is 1.93 bits per heavy atom. The zero-order valence-electron chi connectivity index (χ0n) is 26.2. The third-order valence-corrected chi connectivity index (χ3v) is 9.03. The van der Waals surface area contributed by atoms with E-state index in [1.807, 2.05) is 6.07 Å². The number of alkyl halides is 4. The number of ether oxygens (including phenoxy) is 1. The Labute approximate surface area is 274 Å². The summed E-state index contributed by atoms with van der Waals surface area (Å²) in [6, 6.07) is 7.99. The monoisotopic (exact) mass is 711 g/mol. The van der Waals surface area contributed by atoms with E-state index in [-0.39, 0.29) is 12.8 Å². The maximum absolute atomic E-state index is 15.1. The summed E-state index contributed by atoms with van der Waals surface area (Å²) in [5.74, 6) is -2.77. The average molecular weight is 713 g/mol. The molecule has 0 aliphatic carbocycles. The molecule has 4 rings (SSSR count). The predicted octanol–water partition coefficient (Wildman–Crippen LogP) is 9.02. The molecule has 3 aromatic rings. The molecule has 1 aliphatic heterocycles. The largest absolute Gasteiger partial charge is 0.431 e. The van der Waals surface area contributed by atoms with Crippen LogP contribution in [-0.4, -0.2) is 42.9 Å². The summed E-state index contributed by atoms with van der Waals surface area (Å²) in [6.07, 6.45) is -4.03. The summed E-state index contributed by atoms with van der Waals surface area (Å²) in [6.45, 7) is 6.79. The summed E-state index contributed by atoms with van der Waals surface area (Å²) >= 11 is 3.45. The highest BCUT2D eigenvalue weighted by Crippen LogP contribution is 2.38. The summed E-state index contributed by atoms with van der Waals surface area (Å²) in [5.41, 5.74) is -0.378. The highest BCUT2D eigenvalue weighted by atomic mass is 79.9. The number of rotatable bonds is 12. The Kier molecular flexibility index (Phi) is 12.0. The minimum absolute atomic E-state index is 0.0232. The van der Waals surface area contributed by atoms with Crippen molar-refractivity contribution in [3.8, 4) is 0 Å². The van der Waals surface area contributed by atoms with Gasteiger partial charge in [0.05, 0.1) is 16.6 Å². The molecule has 3 unspecified atom stereocenters. The summed E-state index contributed by atoms with van der Waals surface area (Å²) in [5, 5.41) is 3.28. The number of pyridine rings is 1. The SMILES string of the molecule is CCCC(F)OC(=O)CCC(CNC(=O)c1c(C)c(N2CCCC(CC)C2)nc2ccc(Br)cc12)c1c(F)cccc1C(F)(F)F. The van der Waals surface area contributed by atoms with E-state index < -0.39 is 60.2 Å². The van der Waals surface area contributed by atoms with E-state index in [0.29, 0.717) is 44.7 Å². The highest BCUT2D eigenvalue weighted by molar-refractivity contribution is 9.10. The molecule has 250 valence electrons. The van der Waals surface area contributed by atoms with Crippen LogP contribution in [0.2, 0.25) is 0 Å². The van der Waals surface area contributed by atoms with Crippen LogP contribution in [0.1, 0.15) is 91.8 Å². The molecule has 0 saturated carbocycles. The summed E-state index contributed by atoms with van der Waals surface area (Å²) < 4.78 is 76.6. The number of nitrogens with zero attached hydrogens (tertiary/aromatic N) is 2. The van der Waals surface area contributed by atoms with Gasteiger partial charge >= 0.3 is 12.1 Å². The number of carbonyl (C=O) groups is 2. The van der Waals surface area contributed by atoms with Gasteiger partial charge in [-0.1, -0.05) is 42.3 Å². The molecule has 12 heteroatoms. The molecule has 3 atom stereocenters. The number of anilines is 1. The molecule has 1 aromatic heterocycles. The minimum Gasteiger partial charge on any atom is -0.431 e. The first kappa shape index (κ1) is 35.6. The number of carbonyl (C=O) groups excluding carboxylic acids is 2. The summed E-state index contributed by atoms with van der Waals surface area (Å²) in [7, 11) is 0. The Morgan fingerprint density at radius 1 is 1.17 bits per heavy atom. The van der Waals surface area contributed by atoms with Gasteiger partial charge in [-0.25, -0.2) is 13.8 Å². The van der Waals surface area contributed by atoms with Crippen molar-refractivity contribution < 1.29 is 36.3 Å². The molecule has 2 aromatic carbocycles. The fourth-order valence-corrected chi connectivity index (χ4v) is 6.50. The number of aromatic nitrogens is 1. The molecule has 0 bridgehead atoms. The second kappa shape index (κ2) is 15.5. The third kappa shape index (κ3) is 8.54. The first-order valence-corrected chi connectivity index (χ1v) is 16.4. The van der Waals surface area contributed by atoms with Crippen LogP contribution in [0.25, 0.3) is 10.9 Å². The van der Waals surface area contributed by atoms with Gasteiger partial charge in [0.25, 0.3) is 5.91 Å². The van der Waals surface area contributed by atoms with Gasteiger partial charge in [-0.2, -0.15) is 13.2 Å². The number of fused-ring (bicyclic) bond motifs is 1. The molecular formula is C34H39BrF5N3O3. The van der Waals surface area contributed by atoms with Gasteiger partial charge in [-0.15, -0.1) is 0 Å². The first-order valence-electron chi connectivity index (χ1n) is 15.7. The zero-order chi connectivity index (χ0) is 33.6. The molecule has 46 heavy (non-hydrogen) atoms. The topological polar surface area (TPSA) is 71.5 Å². The van der Waals surface area contributed by atoms with E-state index in [1.54, 1.807) is 26.0 Å². The molecular weight excluding hydrogens is 673 g/mol. The lowest BCUT2D eigenvalue weighted by atomic mass is 9.89. The van der Waals surface area contributed by atoms with Crippen molar-refractivity contribution in [2.75, 3.05) is 24.5 Å². The number of hydrogen-bond donors (Lipinski definition) is 1. The number of nitrogens with one attached hydrogen (secondary N) is 1. The van der Waals surface area contributed by atoms with Crippen LogP contribution in [0.5, 0.6) is 0 Å². The molecule has 6 nitrogen and oxygen atoms in total. The third-order valence-electron chi connectivity index (χ3n) is 8.54. The van der Waals surface area contributed by atoms with Gasteiger partial charge in [-0.05, 0) is 68.9 Å². The fraction of sp³-hybridized carbons (Fsp3) is 0.500. The predicted molar refractivity (Wildman–Crippen MR) is 171 cm³/mol. The van der Waals surface area contributed by atoms with Crippen molar-refractivity contribution in [3.63, 3.8) is 0 Å². The fourth-order valence-electron chi connectivity index (χ4n) is 6.14. The number of halogens is 6. The Hall–Kier alpha value is -3.28. The normalized spacial score (nSPS) is 16.7. The maximum Gasteiger partial charge on any atom is 0.416 e. The smallest absolute Gasteiger partial charge is 0.416 e. The van der Waals surface area contributed by atoms with Gasteiger partial charge < -0.3 is 15.0 Å². The number of amides is 1. The quantitative estimate of drug-likeness (QED) is 0.150. The molecule has 0 spiro atoms. The van der Waals surface area contributed by atoms with Crippen molar-refractivity contribution in [2.45, 2.75) is 84.2 Å². The van der Waals surface area contributed by atoms with Crippen LogP contribution >= 0.6 is 15.9 Å². The van der Waals surface area contributed by atoms with E-state index in [4.69, 9.17) is 9.72 Å². The second-order valence-electron chi connectivity index (χ2n) is 11.8. The summed E-state index contributed by atoms with van der Waals surface area (Å²) in [4.78, 5) is 33.4. The lowest BCUT2D eigenvalue weighted by Crippen LogP contribution is -2.37. The van der Waals surface area contributed by atoms with Gasteiger partial charge in [0.1, 0.15) is 11.6 Å². The Bertz CT molecular complexity index is 1550. The highest BCUT2D eigenvalue weighted by Gasteiger charge is 2.37. The second-order valence-corrected chi connectivity index (χ2v) is 12.7. The Balaban J connectivity index is 1.69. The minimum atomic E-state index is -4.89. The number of piperidine rings is 1. The molecule has 1 saturated heterocycles. The van der Waals surface area contributed by atoms with Gasteiger partial charge in [0.2, 0.25) is 6.36 Å². The first-order chi connectivity index (χ1) is 21.8. The van der Waals surface area contributed by atoms with E-state index in [1.165, 1.54) is 0 Å². The molecule has 1 amide bonds. The van der Waals surface area contributed by atoms with Gasteiger partial charge in [-0.3, -0.25) is 9.59 Å². The maximum atomic E-state index is 15.1. The van der Waals surface area contributed by atoms with Crippen LogP contribution in [0.15, 0.2) is 40.9 Å². The average Bonchev–Trinajstić information content (AvgIpc) is 3.00. The van der Waals surface area contributed by atoms with Crippen molar-refractivity contribution in [2.24, 2.45) is 5.92 Å². The van der Waals surface area contributed by atoms with Crippen molar-refractivity contribution in [1.29, 1.82) is 0 Å². The van der Waals surface area contributed by atoms with Gasteiger partial charge in [0.15, 0.2) is 0 Å². The van der Waals surface area contributed by atoms with E-state index in [9.17, 15) is 27.2 Å².